The summed E-state index contributed by atoms with van der Waals surface area (Å²) in [7, 11) is 0. The van der Waals surface area contributed by atoms with Crippen LogP contribution in [0.1, 0.15) is 17.3 Å². The maximum Gasteiger partial charge on any atom is 0.335 e. The summed E-state index contributed by atoms with van der Waals surface area (Å²) < 4.78 is 9.83. The third kappa shape index (κ3) is 2.72. The number of hydrogen-bond acceptors (Lipinski definition) is 5. The van der Waals surface area contributed by atoms with Gasteiger partial charge in [0.25, 0.3) is 5.91 Å². The Balaban J connectivity index is 2.23. The van der Waals surface area contributed by atoms with Gasteiger partial charge in [-0.2, -0.15) is 0 Å². The number of carbonyl (C=O) groups excluding carboxylic acids is 1. The largest absolute Gasteiger partial charge is 0.481 e. The molecular formula is C13H15NO6. The Kier molecular flexibility index (Phi) is 4.19. The number of hydrogen-bond donors (Lipinski definition) is 1. The molecule has 0 radical (unpaired) electrons. The van der Waals surface area contributed by atoms with E-state index < -0.39 is 23.6 Å². The maximum absolute atomic E-state index is 12.4. The van der Waals surface area contributed by atoms with E-state index in [1.165, 1.54) is 11.0 Å². The Morgan fingerprint density at radius 2 is 2.15 bits per heavy atom. The van der Waals surface area contributed by atoms with E-state index in [-0.39, 0.29) is 24.7 Å². The predicted octanol–water partition coefficient (Wildman–Crippen LogP) is 0.201. The lowest BCUT2D eigenvalue weighted by atomic mass is 10.0. The Morgan fingerprint density at radius 3 is 2.70 bits per heavy atom. The fourth-order valence-electron chi connectivity index (χ4n) is 2.26. The van der Waals surface area contributed by atoms with Gasteiger partial charge in [0.15, 0.2) is 0 Å². The summed E-state index contributed by atoms with van der Waals surface area (Å²) in [5, 5.41) is 9.14. The molecule has 1 fully saturated rings. The van der Waals surface area contributed by atoms with E-state index in [4.69, 9.17) is 9.84 Å². The van der Waals surface area contributed by atoms with Crippen molar-refractivity contribution in [1.82, 2.24) is 4.90 Å². The Morgan fingerprint density at radius 1 is 1.40 bits per heavy atom. The fraction of sp³-hybridized carbons (Fsp3) is 0.462. The molecule has 0 saturated carbocycles. The minimum atomic E-state index is -0.988. The number of aliphatic carboxylic acids is 1. The van der Waals surface area contributed by atoms with Crippen LogP contribution in [0.15, 0.2) is 27.6 Å². The molecule has 7 heteroatoms. The molecule has 2 unspecified atom stereocenters. The number of carbonyl (C=O) groups is 2. The second kappa shape index (κ2) is 5.87. The molecule has 1 saturated heterocycles. The molecule has 1 aliphatic heterocycles. The second-order valence-electron chi connectivity index (χ2n) is 4.48. The second-order valence-corrected chi connectivity index (χ2v) is 4.48. The van der Waals surface area contributed by atoms with Gasteiger partial charge < -0.3 is 19.2 Å². The highest BCUT2D eigenvalue weighted by molar-refractivity contribution is 5.94. The molecule has 1 N–H and O–H groups in total. The van der Waals surface area contributed by atoms with E-state index in [1.54, 1.807) is 6.92 Å². The Labute approximate surface area is 114 Å². The molecule has 0 bridgehead atoms. The minimum Gasteiger partial charge on any atom is -0.481 e. The highest BCUT2D eigenvalue weighted by Crippen LogP contribution is 2.21. The molecule has 20 heavy (non-hydrogen) atoms. The highest BCUT2D eigenvalue weighted by Gasteiger charge is 2.39. The van der Waals surface area contributed by atoms with Crippen LogP contribution in [0.2, 0.25) is 0 Å². The van der Waals surface area contributed by atoms with Gasteiger partial charge in [0, 0.05) is 12.6 Å². The number of carboxylic acids is 1. The lowest BCUT2D eigenvalue weighted by Gasteiger charge is -2.29. The van der Waals surface area contributed by atoms with Crippen LogP contribution in [0.3, 0.4) is 0 Å². The van der Waals surface area contributed by atoms with Gasteiger partial charge >= 0.3 is 11.6 Å². The molecule has 0 aliphatic carbocycles. The van der Waals surface area contributed by atoms with E-state index in [9.17, 15) is 14.4 Å². The van der Waals surface area contributed by atoms with Crippen molar-refractivity contribution >= 4 is 11.9 Å². The molecule has 2 rings (SSSR count). The van der Waals surface area contributed by atoms with Gasteiger partial charge in [0.2, 0.25) is 0 Å². The molecule has 1 aliphatic rings. The maximum atomic E-state index is 12.4. The van der Waals surface area contributed by atoms with Crippen molar-refractivity contribution in [2.45, 2.75) is 13.0 Å². The molecule has 7 nitrogen and oxygen atoms in total. The minimum absolute atomic E-state index is 0.0909. The summed E-state index contributed by atoms with van der Waals surface area (Å²) in [5.74, 6) is -2.11. The fourth-order valence-corrected chi connectivity index (χ4v) is 2.26. The number of amides is 1. The zero-order valence-electron chi connectivity index (χ0n) is 10.9. The van der Waals surface area contributed by atoms with Gasteiger partial charge in [-0.1, -0.05) is 0 Å². The van der Waals surface area contributed by atoms with Crippen molar-refractivity contribution in [2.75, 3.05) is 19.8 Å². The van der Waals surface area contributed by atoms with Crippen molar-refractivity contribution < 1.29 is 23.8 Å². The summed E-state index contributed by atoms with van der Waals surface area (Å²) in [6, 6.07) is 2.00. The average Bonchev–Trinajstić information content (AvgIpc) is 2.89. The first-order valence-electron chi connectivity index (χ1n) is 6.25. The van der Waals surface area contributed by atoms with Crippen molar-refractivity contribution in [3.8, 4) is 0 Å². The summed E-state index contributed by atoms with van der Waals surface area (Å²) >= 11 is 0. The summed E-state index contributed by atoms with van der Waals surface area (Å²) in [6.07, 6.45) is 1.08. The predicted molar refractivity (Wildman–Crippen MR) is 67.4 cm³/mol. The van der Waals surface area contributed by atoms with E-state index in [1.807, 2.05) is 0 Å². The molecule has 108 valence electrons. The van der Waals surface area contributed by atoms with Gasteiger partial charge in [0.1, 0.15) is 12.2 Å². The zero-order valence-corrected chi connectivity index (χ0v) is 10.9. The smallest absolute Gasteiger partial charge is 0.335 e. The van der Waals surface area contributed by atoms with E-state index in [2.05, 4.69) is 4.42 Å². The van der Waals surface area contributed by atoms with Crippen LogP contribution in [-0.2, 0) is 9.53 Å². The van der Waals surface area contributed by atoms with Crippen LogP contribution < -0.4 is 5.63 Å². The molecular weight excluding hydrogens is 266 g/mol. The first-order valence-corrected chi connectivity index (χ1v) is 6.25. The van der Waals surface area contributed by atoms with Crippen LogP contribution in [0, 0.1) is 5.92 Å². The number of carboxylic acid groups (broad SMARTS) is 1. The van der Waals surface area contributed by atoms with Gasteiger partial charge in [0.05, 0.1) is 24.8 Å². The topological polar surface area (TPSA) is 97.0 Å². The van der Waals surface area contributed by atoms with Crippen LogP contribution in [0.5, 0.6) is 0 Å². The standard InChI is InChI=1S/C13H15NO6/c1-2-14(10-7-19-6-9(10)13(17)18)12(16)8-3-4-11(15)20-5-8/h3-5,9-10H,2,6-7H2,1H3,(H,17,18). The number of ether oxygens (including phenoxy) is 1. The van der Waals surface area contributed by atoms with Crippen LogP contribution in [0.25, 0.3) is 0 Å². The normalized spacial score (nSPS) is 21.6. The number of nitrogens with zero attached hydrogens (tertiary/aromatic N) is 1. The third-order valence-corrected chi connectivity index (χ3v) is 3.32. The first kappa shape index (κ1) is 14.3. The van der Waals surface area contributed by atoms with Crippen LogP contribution in [-0.4, -0.2) is 47.7 Å². The number of likely N-dealkylation sites (N-methyl/N-ethyl adjacent to an activating group) is 1. The van der Waals surface area contributed by atoms with Gasteiger partial charge in [-0.3, -0.25) is 9.59 Å². The van der Waals surface area contributed by atoms with Crippen molar-refractivity contribution in [3.05, 3.63) is 34.4 Å². The lowest BCUT2D eigenvalue weighted by molar-refractivity contribution is -0.142. The SMILES string of the molecule is CCN(C(=O)c1ccc(=O)oc1)C1COCC1C(=O)O. The zero-order chi connectivity index (χ0) is 14.7. The van der Waals surface area contributed by atoms with E-state index in [0.29, 0.717) is 6.54 Å². The molecule has 1 aromatic heterocycles. The van der Waals surface area contributed by atoms with E-state index in [0.717, 1.165) is 12.3 Å². The first-order chi connectivity index (χ1) is 9.54. The molecule has 1 aromatic rings. The third-order valence-electron chi connectivity index (χ3n) is 3.32. The summed E-state index contributed by atoms with van der Waals surface area (Å²) in [6.45, 7) is 2.38. The van der Waals surface area contributed by atoms with Gasteiger partial charge in [-0.15, -0.1) is 0 Å². The molecule has 0 spiro atoms. The van der Waals surface area contributed by atoms with Gasteiger partial charge in [-0.05, 0) is 13.0 Å². The Bertz CT molecular complexity index is 546. The highest BCUT2D eigenvalue weighted by atomic mass is 16.5. The van der Waals surface area contributed by atoms with Crippen molar-refractivity contribution in [3.63, 3.8) is 0 Å². The summed E-state index contributed by atoms with van der Waals surface area (Å²) in [5.41, 5.74) is -0.334. The molecule has 2 heterocycles. The number of rotatable bonds is 4. The summed E-state index contributed by atoms with van der Waals surface area (Å²) in [4.78, 5) is 35.8. The average molecular weight is 281 g/mol. The molecule has 0 aromatic carbocycles. The lowest BCUT2D eigenvalue weighted by Crippen LogP contribution is -2.46. The Hall–Kier alpha value is -2.15. The van der Waals surface area contributed by atoms with Crippen molar-refractivity contribution in [2.24, 2.45) is 5.92 Å². The molecule has 1 amide bonds. The van der Waals surface area contributed by atoms with E-state index >= 15 is 0 Å². The monoisotopic (exact) mass is 281 g/mol. The van der Waals surface area contributed by atoms with Gasteiger partial charge in [-0.25, -0.2) is 4.79 Å². The van der Waals surface area contributed by atoms with Crippen LogP contribution in [0.4, 0.5) is 0 Å². The van der Waals surface area contributed by atoms with Crippen LogP contribution >= 0.6 is 0 Å². The quantitative estimate of drug-likeness (QED) is 0.846. The van der Waals surface area contributed by atoms with Crippen molar-refractivity contribution in [1.29, 1.82) is 0 Å². The molecule has 2 atom stereocenters.